The maximum absolute atomic E-state index is 12.9. The Bertz CT molecular complexity index is 494. The van der Waals surface area contributed by atoms with Gasteiger partial charge in [-0.2, -0.15) is 0 Å². The summed E-state index contributed by atoms with van der Waals surface area (Å²) in [4.78, 5) is 15.0. The number of hydrogen-bond acceptors (Lipinski definition) is 2. The molecule has 1 saturated heterocycles. The maximum Gasteiger partial charge on any atom is 0.254 e. The molecule has 1 aliphatic carbocycles. The van der Waals surface area contributed by atoms with Crippen LogP contribution in [0.5, 0.6) is 0 Å². The lowest BCUT2D eigenvalue weighted by Gasteiger charge is -2.29. The Kier molecular flexibility index (Phi) is 4.59. The van der Waals surface area contributed by atoms with Crippen molar-refractivity contribution in [2.45, 2.75) is 51.0 Å². The van der Waals surface area contributed by atoms with Crippen LogP contribution in [-0.4, -0.2) is 29.9 Å². The van der Waals surface area contributed by atoms with Crippen molar-refractivity contribution in [3.8, 4) is 0 Å². The number of benzene rings is 1. The van der Waals surface area contributed by atoms with E-state index in [0.717, 1.165) is 30.9 Å². The fourth-order valence-corrected chi connectivity index (χ4v) is 4.07. The van der Waals surface area contributed by atoms with Gasteiger partial charge in [-0.25, -0.2) is 0 Å². The van der Waals surface area contributed by atoms with E-state index in [2.05, 4.69) is 11.0 Å². The summed E-state index contributed by atoms with van der Waals surface area (Å²) in [6.45, 7) is 1.56. The highest BCUT2D eigenvalue weighted by molar-refractivity contribution is 5.94. The maximum atomic E-state index is 12.9. The number of carbonyl (C=O) groups excluding carboxylic acids is 1. The molecule has 1 amide bonds. The molecule has 3 heteroatoms. The van der Waals surface area contributed by atoms with Gasteiger partial charge in [0.05, 0.1) is 0 Å². The third kappa shape index (κ3) is 3.13. The zero-order valence-electron chi connectivity index (χ0n) is 12.8. The van der Waals surface area contributed by atoms with Crippen LogP contribution in [-0.2, 0) is 6.42 Å². The van der Waals surface area contributed by atoms with E-state index in [4.69, 9.17) is 5.73 Å². The van der Waals surface area contributed by atoms with Crippen LogP contribution in [0.25, 0.3) is 0 Å². The first-order valence-corrected chi connectivity index (χ1v) is 8.39. The molecule has 1 unspecified atom stereocenters. The molecule has 21 heavy (non-hydrogen) atoms. The topological polar surface area (TPSA) is 46.3 Å². The second kappa shape index (κ2) is 6.61. The molecule has 1 atom stereocenters. The third-order valence-electron chi connectivity index (χ3n) is 5.11. The first-order chi connectivity index (χ1) is 10.3. The van der Waals surface area contributed by atoms with E-state index in [1.807, 2.05) is 18.2 Å². The summed E-state index contributed by atoms with van der Waals surface area (Å²) in [5.74, 6) is 0.965. The van der Waals surface area contributed by atoms with Crippen LogP contribution >= 0.6 is 0 Å². The molecule has 0 bridgehead atoms. The van der Waals surface area contributed by atoms with Crippen LogP contribution in [0.15, 0.2) is 24.3 Å². The second-order valence-corrected chi connectivity index (χ2v) is 6.49. The lowest BCUT2D eigenvalue weighted by molar-refractivity contribution is 0.0689. The number of likely N-dealkylation sites (tertiary alicyclic amines) is 1. The molecule has 2 N–H and O–H groups in total. The van der Waals surface area contributed by atoms with Crippen molar-refractivity contribution in [1.82, 2.24) is 4.90 Å². The zero-order chi connectivity index (χ0) is 14.7. The van der Waals surface area contributed by atoms with E-state index in [1.54, 1.807) is 0 Å². The molecule has 114 valence electrons. The molecule has 2 fully saturated rings. The summed E-state index contributed by atoms with van der Waals surface area (Å²) in [6, 6.07) is 8.50. The van der Waals surface area contributed by atoms with Crippen LogP contribution < -0.4 is 5.73 Å². The standard InChI is InChI=1S/C18H26N2O/c19-11-10-14-5-3-8-16(13-14)18(21)20-12-4-9-17(20)15-6-1-2-7-15/h3,5,8,13,15,17H,1-2,4,6-7,9-12,19H2. The van der Waals surface area contributed by atoms with Gasteiger partial charge in [-0.15, -0.1) is 0 Å². The van der Waals surface area contributed by atoms with Gasteiger partial charge in [0.25, 0.3) is 5.91 Å². The number of carbonyl (C=O) groups is 1. The average Bonchev–Trinajstić information content (AvgIpc) is 3.18. The highest BCUT2D eigenvalue weighted by atomic mass is 16.2. The summed E-state index contributed by atoms with van der Waals surface area (Å²) in [5.41, 5.74) is 7.62. The van der Waals surface area contributed by atoms with E-state index >= 15 is 0 Å². The van der Waals surface area contributed by atoms with Gasteiger partial charge in [0, 0.05) is 18.2 Å². The quantitative estimate of drug-likeness (QED) is 0.925. The van der Waals surface area contributed by atoms with Crippen LogP contribution in [0.1, 0.15) is 54.4 Å². The number of nitrogens with two attached hydrogens (primary N) is 1. The van der Waals surface area contributed by atoms with Crippen molar-refractivity contribution in [2.75, 3.05) is 13.1 Å². The van der Waals surface area contributed by atoms with Crippen molar-refractivity contribution >= 4 is 5.91 Å². The first kappa shape index (κ1) is 14.6. The molecule has 1 aliphatic heterocycles. The van der Waals surface area contributed by atoms with Gasteiger partial charge in [-0.05, 0) is 62.3 Å². The highest BCUT2D eigenvalue weighted by Crippen LogP contribution is 2.36. The Morgan fingerprint density at radius 1 is 1.19 bits per heavy atom. The molecule has 1 heterocycles. The lowest BCUT2D eigenvalue weighted by Crippen LogP contribution is -2.39. The highest BCUT2D eigenvalue weighted by Gasteiger charge is 2.36. The van der Waals surface area contributed by atoms with Gasteiger partial charge >= 0.3 is 0 Å². The Hall–Kier alpha value is -1.35. The number of rotatable bonds is 4. The van der Waals surface area contributed by atoms with Crippen molar-refractivity contribution in [1.29, 1.82) is 0 Å². The number of amides is 1. The Labute approximate surface area is 127 Å². The summed E-state index contributed by atoms with van der Waals surface area (Å²) < 4.78 is 0. The molecule has 1 aromatic carbocycles. The molecular formula is C18H26N2O. The van der Waals surface area contributed by atoms with Crippen molar-refractivity contribution in [3.05, 3.63) is 35.4 Å². The van der Waals surface area contributed by atoms with E-state index in [0.29, 0.717) is 12.6 Å². The summed E-state index contributed by atoms with van der Waals surface area (Å²) in [5, 5.41) is 0. The van der Waals surface area contributed by atoms with E-state index in [1.165, 1.54) is 37.7 Å². The van der Waals surface area contributed by atoms with Crippen LogP contribution in [0.2, 0.25) is 0 Å². The minimum atomic E-state index is 0.225. The summed E-state index contributed by atoms with van der Waals surface area (Å²) in [7, 11) is 0. The van der Waals surface area contributed by atoms with Gasteiger partial charge in [0.1, 0.15) is 0 Å². The molecular weight excluding hydrogens is 260 g/mol. The molecule has 0 spiro atoms. The number of nitrogens with zero attached hydrogens (tertiary/aromatic N) is 1. The normalized spacial score (nSPS) is 22.9. The minimum absolute atomic E-state index is 0.225. The van der Waals surface area contributed by atoms with Crippen LogP contribution in [0.4, 0.5) is 0 Å². The Morgan fingerprint density at radius 2 is 2.00 bits per heavy atom. The summed E-state index contributed by atoms with van der Waals surface area (Å²) >= 11 is 0. The van der Waals surface area contributed by atoms with Crippen molar-refractivity contribution < 1.29 is 4.79 Å². The summed E-state index contributed by atoms with van der Waals surface area (Å²) in [6.07, 6.45) is 8.50. The van der Waals surface area contributed by atoms with Gasteiger partial charge in [-0.3, -0.25) is 4.79 Å². The molecule has 0 radical (unpaired) electrons. The Morgan fingerprint density at radius 3 is 2.76 bits per heavy atom. The fraction of sp³-hybridized carbons (Fsp3) is 0.611. The van der Waals surface area contributed by atoms with Gasteiger partial charge in [0.2, 0.25) is 0 Å². The smallest absolute Gasteiger partial charge is 0.254 e. The molecule has 3 rings (SSSR count). The predicted octanol–water partition coefficient (Wildman–Crippen LogP) is 2.98. The first-order valence-electron chi connectivity index (χ1n) is 8.39. The van der Waals surface area contributed by atoms with E-state index < -0.39 is 0 Å². The largest absolute Gasteiger partial charge is 0.335 e. The van der Waals surface area contributed by atoms with Gasteiger partial charge < -0.3 is 10.6 Å². The third-order valence-corrected chi connectivity index (χ3v) is 5.11. The van der Waals surface area contributed by atoms with Crippen molar-refractivity contribution in [2.24, 2.45) is 11.7 Å². The average molecular weight is 286 g/mol. The molecule has 1 saturated carbocycles. The molecule has 3 nitrogen and oxygen atoms in total. The number of hydrogen-bond donors (Lipinski definition) is 1. The van der Waals surface area contributed by atoms with E-state index in [-0.39, 0.29) is 5.91 Å². The SMILES string of the molecule is NCCc1cccc(C(=O)N2CCCC2C2CCCC2)c1. The van der Waals surface area contributed by atoms with Crippen LogP contribution in [0, 0.1) is 5.92 Å². The Balaban J connectivity index is 1.75. The lowest BCUT2D eigenvalue weighted by atomic mass is 9.95. The van der Waals surface area contributed by atoms with Gasteiger partial charge in [-0.1, -0.05) is 25.0 Å². The van der Waals surface area contributed by atoms with Gasteiger partial charge in [0.15, 0.2) is 0 Å². The molecule has 2 aliphatic rings. The molecule has 0 aromatic heterocycles. The van der Waals surface area contributed by atoms with Crippen molar-refractivity contribution in [3.63, 3.8) is 0 Å². The minimum Gasteiger partial charge on any atom is -0.335 e. The zero-order valence-corrected chi connectivity index (χ0v) is 12.8. The predicted molar refractivity (Wildman–Crippen MR) is 85.2 cm³/mol. The monoisotopic (exact) mass is 286 g/mol. The van der Waals surface area contributed by atoms with Crippen LogP contribution in [0.3, 0.4) is 0 Å². The molecule has 1 aromatic rings. The second-order valence-electron chi connectivity index (χ2n) is 6.49. The fourth-order valence-electron chi connectivity index (χ4n) is 4.07. The van der Waals surface area contributed by atoms with E-state index in [9.17, 15) is 4.79 Å².